The zero-order chi connectivity index (χ0) is 17.2. The molecule has 1 aromatic carbocycles. The molecule has 0 saturated carbocycles. The van der Waals surface area contributed by atoms with Crippen molar-refractivity contribution >= 4 is 40.0 Å². The maximum absolute atomic E-state index is 11.7. The van der Waals surface area contributed by atoms with E-state index in [1.54, 1.807) is 45.0 Å². The number of nitro groups is 1. The second-order valence-corrected chi connectivity index (χ2v) is 6.01. The average Bonchev–Trinajstić information content (AvgIpc) is 2.41. The molecule has 8 nitrogen and oxygen atoms in total. The van der Waals surface area contributed by atoms with Gasteiger partial charge in [-0.2, -0.15) is 0 Å². The average molecular weight is 339 g/mol. The van der Waals surface area contributed by atoms with E-state index in [2.05, 4.69) is 15.8 Å². The van der Waals surface area contributed by atoms with Gasteiger partial charge in [0.25, 0.3) is 0 Å². The molecule has 1 heterocycles. The van der Waals surface area contributed by atoms with Gasteiger partial charge in [0.1, 0.15) is 11.3 Å². The highest BCUT2D eigenvalue weighted by atomic mass is 35.5. The molecule has 0 radical (unpaired) electrons. The van der Waals surface area contributed by atoms with Gasteiger partial charge in [0.05, 0.1) is 10.4 Å². The predicted molar refractivity (Wildman–Crippen MR) is 86.4 cm³/mol. The Hall–Kier alpha value is -2.61. The number of hydrogen-bond donors (Lipinski definition) is 2. The summed E-state index contributed by atoms with van der Waals surface area (Å²) in [5.41, 5.74) is 4.14. The van der Waals surface area contributed by atoms with Gasteiger partial charge in [-0.3, -0.25) is 15.5 Å². The highest BCUT2D eigenvalue weighted by Crippen LogP contribution is 2.36. The van der Waals surface area contributed by atoms with Crippen LogP contribution in [0.3, 0.4) is 0 Å². The maximum atomic E-state index is 11.7. The van der Waals surface area contributed by atoms with Crippen molar-refractivity contribution in [1.29, 1.82) is 0 Å². The van der Waals surface area contributed by atoms with Crippen molar-refractivity contribution in [3.8, 4) is 0 Å². The maximum Gasteiger partial charge on any atom is 0.426 e. The molecule has 0 bridgehead atoms. The van der Waals surface area contributed by atoms with Crippen LogP contribution in [0.25, 0.3) is 10.9 Å². The van der Waals surface area contributed by atoms with E-state index in [1.165, 1.54) is 0 Å². The van der Waals surface area contributed by atoms with Crippen LogP contribution in [0.1, 0.15) is 20.8 Å². The Balaban J connectivity index is 2.40. The lowest BCUT2D eigenvalue weighted by Crippen LogP contribution is -2.36. The van der Waals surface area contributed by atoms with Crippen LogP contribution in [0, 0.1) is 10.1 Å². The van der Waals surface area contributed by atoms with Crippen molar-refractivity contribution in [3.05, 3.63) is 39.5 Å². The van der Waals surface area contributed by atoms with Crippen molar-refractivity contribution in [1.82, 2.24) is 10.4 Å². The van der Waals surface area contributed by atoms with E-state index in [0.717, 1.165) is 0 Å². The van der Waals surface area contributed by atoms with Crippen LogP contribution in [-0.2, 0) is 4.74 Å². The van der Waals surface area contributed by atoms with Crippen LogP contribution in [0.15, 0.2) is 24.3 Å². The Kier molecular flexibility index (Phi) is 4.55. The van der Waals surface area contributed by atoms with Gasteiger partial charge >= 0.3 is 11.8 Å². The number of amides is 1. The zero-order valence-electron chi connectivity index (χ0n) is 12.7. The SMILES string of the molecule is CC(C)(C)OC(=O)NNc1c([N+](=O)[O-])c(Cl)nc2ccccc12. The minimum absolute atomic E-state index is 0.0384. The largest absolute Gasteiger partial charge is 0.443 e. The second-order valence-electron chi connectivity index (χ2n) is 5.65. The van der Waals surface area contributed by atoms with Gasteiger partial charge in [-0.25, -0.2) is 15.2 Å². The molecule has 0 saturated heterocycles. The summed E-state index contributed by atoms with van der Waals surface area (Å²) in [6.45, 7) is 5.11. The smallest absolute Gasteiger partial charge is 0.426 e. The molecule has 2 N–H and O–H groups in total. The van der Waals surface area contributed by atoms with E-state index in [9.17, 15) is 14.9 Å². The summed E-state index contributed by atoms with van der Waals surface area (Å²) < 4.78 is 5.07. The first-order valence-electron chi connectivity index (χ1n) is 6.66. The molecule has 0 aliphatic heterocycles. The molecule has 9 heteroatoms. The molecule has 2 rings (SSSR count). The van der Waals surface area contributed by atoms with Crippen LogP contribution in [0.5, 0.6) is 0 Å². The predicted octanol–water partition coefficient (Wildman–Crippen LogP) is 3.65. The van der Waals surface area contributed by atoms with E-state index >= 15 is 0 Å². The number of nitrogens with one attached hydrogen (secondary N) is 2. The molecule has 0 spiro atoms. The summed E-state index contributed by atoms with van der Waals surface area (Å²) >= 11 is 5.89. The summed E-state index contributed by atoms with van der Waals surface area (Å²) in [5, 5.41) is 11.4. The Morgan fingerprint density at radius 2 is 2.00 bits per heavy atom. The Labute approximate surface area is 136 Å². The number of aromatic nitrogens is 1. The fourth-order valence-corrected chi connectivity index (χ4v) is 2.14. The summed E-state index contributed by atoms with van der Waals surface area (Å²) in [7, 11) is 0. The van der Waals surface area contributed by atoms with Crippen molar-refractivity contribution in [2.24, 2.45) is 0 Å². The van der Waals surface area contributed by atoms with Gasteiger partial charge in [-0.05, 0) is 26.8 Å². The van der Waals surface area contributed by atoms with Gasteiger partial charge < -0.3 is 4.74 Å². The number of nitrogens with zero attached hydrogens (tertiary/aromatic N) is 2. The molecule has 1 amide bonds. The topological polar surface area (TPSA) is 106 Å². The summed E-state index contributed by atoms with van der Waals surface area (Å²) in [4.78, 5) is 26.3. The third-order valence-corrected chi connectivity index (χ3v) is 2.96. The molecule has 0 aliphatic rings. The van der Waals surface area contributed by atoms with Crippen LogP contribution < -0.4 is 10.9 Å². The number of carbonyl (C=O) groups is 1. The lowest BCUT2D eigenvalue weighted by atomic mass is 10.1. The number of ether oxygens (including phenoxy) is 1. The molecule has 0 unspecified atom stereocenters. The number of para-hydroxylation sites is 1. The van der Waals surface area contributed by atoms with Crippen LogP contribution in [0.4, 0.5) is 16.2 Å². The fourth-order valence-electron chi connectivity index (χ4n) is 1.88. The highest BCUT2D eigenvalue weighted by molar-refractivity contribution is 6.33. The number of hydrogen-bond acceptors (Lipinski definition) is 6. The number of anilines is 1. The molecule has 0 fully saturated rings. The summed E-state index contributed by atoms with van der Waals surface area (Å²) in [5.74, 6) is 0. The number of benzene rings is 1. The first-order valence-corrected chi connectivity index (χ1v) is 7.04. The molecule has 23 heavy (non-hydrogen) atoms. The normalized spacial score (nSPS) is 11.1. The minimum atomic E-state index is -0.774. The number of halogens is 1. The van der Waals surface area contributed by atoms with Gasteiger partial charge in [0.2, 0.25) is 5.15 Å². The molecular formula is C14H15ClN4O4. The van der Waals surface area contributed by atoms with E-state index in [4.69, 9.17) is 16.3 Å². The third kappa shape index (κ3) is 3.98. The van der Waals surface area contributed by atoms with Crippen LogP contribution in [0.2, 0.25) is 5.15 Å². The Morgan fingerprint density at radius 3 is 2.61 bits per heavy atom. The molecule has 1 aromatic heterocycles. The quantitative estimate of drug-likeness (QED) is 0.502. The van der Waals surface area contributed by atoms with Crippen molar-refractivity contribution in [2.45, 2.75) is 26.4 Å². The lowest BCUT2D eigenvalue weighted by Gasteiger charge is -2.20. The molecule has 122 valence electrons. The summed E-state index contributed by atoms with van der Waals surface area (Å²) in [6, 6.07) is 6.71. The van der Waals surface area contributed by atoms with E-state index in [0.29, 0.717) is 10.9 Å². The standard InChI is InChI=1S/C14H15ClN4O4/c1-14(2,3)23-13(20)18-17-10-8-6-4-5-7-9(8)16-12(15)11(10)19(21)22/h4-7H,1-3H3,(H,16,17)(H,18,20). The number of rotatable bonds is 3. The van der Waals surface area contributed by atoms with Crippen molar-refractivity contribution in [2.75, 3.05) is 5.43 Å². The molecule has 0 aliphatic carbocycles. The highest BCUT2D eigenvalue weighted by Gasteiger charge is 2.25. The van der Waals surface area contributed by atoms with Gasteiger partial charge in [0, 0.05) is 5.39 Å². The first kappa shape index (κ1) is 16.8. The fraction of sp³-hybridized carbons (Fsp3) is 0.286. The van der Waals surface area contributed by atoms with Crippen molar-refractivity contribution < 1.29 is 14.5 Å². The Bertz CT molecular complexity index is 773. The number of carbonyl (C=O) groups excluding carboxylic acids is 1. The monoisotopic (exact) mass is 338 g/mol. The van der Waals surface area contributed by atoms with E-state index in [-0.39, 0.29) is 10.8 Å². The Morgan fingerprint density at radius 1 is 1.35 bits per heavy atom. The lowest BCUT2D eigenvalue weighted by molar-refractivity contribution is -0.384. The summed E-state index contributed by atoms with van der Waals surface area (Å²) in [6.07, 6.45) is -0.774. The van der Waals surface area contributed by atoms with Gasteiger partial charge in [0.15, 0.2) is 0 Å². The van der Waals surface area contributed by atoms with Gasteiger partial charge in [-0.15, -0.1) is 0 Å². The molecular weight excluding hydrogens is 324 g/mol. The number of fused-ring (bicyclic) bond motifs is 1. The number of hydrazine groups is 1. The van der Waals surface area contributed by atoms with Crippen LogP contribution in [-0.4, -0.2) is 21.6 Å². The van der Waals surface area contributed by atoms with E-state index in [1.807, 2.05) is 0 Å². The van der Waals surface area contributed by atoms with Crippen LogP contribution >= 0.6 is 11.6 Å². The first-order chi connectivity index (χ1) is 10.7. The molecule has 0 atom stereocenters. The third-order valence-electron chi connectivity index (χ3n) is 2.70. The molecule has 2 aromatic rings. The van der Waals surface area contributed by atoms with Crippen molar-refractivity contribution in [3.63, 3.8) is 0 Å². The minimum Gasteiger partial charge on any atom is -0.443 e. The number of pyridine rings is 1. The zero-order valence-corrected chi connectivity index (χ0v) is 13.5. The van der Waals surface area contributed by atoms with Gasteiger partial charge in [-0.1, -0.05) is 29.8 Å². The second kappa shape index (κ2) is 6.25. The van der Waals surface area contributed by atoms with E-state index < -0.39 is 22.3 Å².